The van der Waals surface area contributed by atoms with Crippen LogP contribution in [-0.4, -0.2) is 102 Å². The van der Waals surface area contributed by atoms with Crippen molar-refractivity contribution in [3.8, 4) is 17.2 Å². The first kappa shape index (κ1) is 58.8. The molecule has 2 heterocycles. The molecule has 2 fully saturated rings. The lowest BCUT2D eigenvalue weighted by molar-refractivity contribution is -0.835. The van der Waals surface area contributed by atoms with Crippen molar-refractivity contribution in [3.05, 3.63) is 186 Å². The van der Waals surface area contributed by atoms with Crippen LogP contribution in [-0.2, 0) is 0 Å². The maximum Gasteiger partial charge on any atom is 0.324 e. The molecule has 0 atom stereocenters. The van der Waals surface area contributed by atoms with Crippen molar-refractivity contribution < 1.29 is 69.4 Å². The number of hydrogen-bond acceptors (Lipinski definition) is 23. The number of phenolic OH excluding ortho intramolecular Hbond substituents is 1. The number of aromatic hydroxyl groups is 1. The SMILES string of the molecule is Clc1cccc([NH+]2CCNCC2)c1.Clc1cccc([NH+]2CCNCC2)c1.O=[N+]([O-])c1cc([N+](=O)[O-])c(O)c([N+](=O)[O-])c1.O=[N+]([O-])c1cc([N+](=O)[O-])c([O-])c([N+](=O)[O-])c1.O=[N+]([O-])c1cc([N+](=O)[O-])c([O-])c([N+](=O)[O-])c1. The van der Waals surface area contributed by atoms with Crippen LogP contribution in [0.4, 0.5) is 62.6 Å². The summed E-state index contributed by atoms with van der Waals surface area (Å²) in [6.07, 6.45) is 0. The molecule has 0 amide bonds. The fraction of sp³-hybridized carbons (Fsp3) is 0.211. The van der Waals surface area contributed by atoms with Crippen LogP contribution in [0.2, 0.25) is 10.0 Å². The number of nitrogens with one attached hydrogen (secondary N) is 4. The first-order valence-electron chi connectivity index (χ1n) is 20.2. The van der Waals surface area contributed by atoms with Gasteiger partial charge < -0.3 is 35.8 Å². The summed E-state index contributed by atoms with van der Waals surface area (Å²) in [5.74, 6) is -4.12. The molecule has 392 valence electrons. The number of rotatable bonds is 11. The molecule has 2 aliphatic rings. The molecule has 0 aromatic heterocycles. The number of benzene rings is 5. The van der Waals surface area contributed by atoms with Gasteiger partial charge in [-0.15, -0.1) is 0 Å². The van der Waals surface area contributed by atoms with Gasteiger partial charge in [-0.3, -0.25) is 91.0 Å². The Morgan fingerprint density at radius 2 is 0.635 bits per heavy atom. The third kappa shape index (κ3) is 16.8. The average molecular weight is 1080 g/mol. The summed E-state index contributed by atoms with van der Waals surface area (Å²) in [6.45, 7) is 9.01. The Morgan fingerprint density at radius 3 is 0.851 bits per heavy atom. The molecule has 34 nitrogen and oxygen atoms in total. The quantitative estimate of drug-likeness (QED) is 0.0937. The molecule has 0 spiro atoms. The Balaban J connectivity index is 0.000000244. The lowest BCUT2D eigenvalue weighted by Gasteiger charge is -2.23. The van der Waals surface area contributed by atoms with Gasteiger partial charge in [0.1, 0.15) is 11.4 Å². The molecule has 5 aromatic carbocycles. The van der Waals surface area contributed by atoms with Gasteiger partial charge in [0, 0.05) is 48.4 Å². The normalized spacial score (nSPS) is 12.9. The van der Waals surface area contributed by atoms with E-state index in [2.05, 4.69) is 34.9 Å². The maximum atomic E-state index is 11.1. The fourth-order valence-corrected chi connectivity index (χ4v) is 6.73. The second-order valence-electron chi connectivity index (χ2n) is 14.5. The summed E-state index contributed by atoms with van der Waals surface area (Å²) in [5, 5.41) is 133. The molecule has 5 aromatic rings. The Labute approximate surface area is 420 Å². The number of hydrogen-bond donors (Lipinski definition) is 5. The third-order valence-corrected chi connectivity index (χ3v) is 10.3. The number of nitro groups is 9. The van der Waals surface area contributed by atoms with Crippen LogP contribution in [0, 0.1) is 91.0 Å². The highest BCUT2D eigenvalue weighted by Gasteiger charge is 2.30. The molecule has 0 saturated carbocycles. The predicted octanol–water partition coefficient (Wildman–Crippen LogP) is 3.01. The Hall–Kier alpha value is -9.48. The van der Waals surface area contributed by atoms with E-state index in [0.29, 0.717) is 36.4 Å². The second kappa shape index (κ2) is 27.2. The van der Waals surface area contributed by atoms with Gasteiger partial charge in [-0.2, -0.15) is 0 Å². The highest BCUT2D eigenvalue weighted by atomic mass is 35.5. The molecule has 7 rings (SSSR count). The first-order valence-corrected chi connectivity index (χ1v) is 21.0. The lowest BCUT2D eigenvalue weighted by atomic mass is 10.2. The van der Waals surface area contributed by atoms with Crippen molar-refractivity contribution in [2.45, 2.75) is 0 Å². The molecule has 2 aliphatic heterocycles. The molecule has 74 heavy (non-hydrogen) atoms. The second-order valence-corrected chi connectivity index (χ2v) is 15.4. The number of nitrogens with zero attached hydrogens (tertiary/aromatic N) is 9. The number of phenols is 1. The summed E-state index contributed by atoms with van der Waals surface area (Å²) in [6, 6.07) is 18.7. The van der Waals surface area contributed by atoms with Crippen molar-refractivity contribution in [2.24, 2.45) is 0 Å². The third-order valence-electron chi connectivity index (χ3n) is 9.82. The molecule has 0 aliphatic carbocycles. The maximum absolute atomic E-state index is 11.1. The van der Waals surface area contributed by atoms with E-state index in [-0.39, 0.29) is 0 Å². The minimum Gasteiger partial charge on any atom is -0.863 e. The Morgan fingerprint density at radius 1 is 0.392 bits per heavy atom. The molecular weight excluding hydrogens is 1050 g/mol. The minimum absolute atomic E-state index is 0.384. The highest BCUT2D eigenvalue weighted by molar-refractivity contribution is 6.31. The van der Waals surface area contributed by atoms with E-state index in [1.165, 1.54) is 21.2 Å². The van der Waals surface area contributed by atoms with Gasteiger partial charge in [0.2, 0.25) is 0 Å². The van der Waals surface area contributed by atoms with Crippen molar-refractivity contribution in [2.75, 3.05) is 52.4 Å². The molecule has 0 unspecified atom stereocenters. The number of quaternary nitrogens is 2. The van der Waals surface area contributed by atoms with Gasteiger partial charge in [0.15, 0.2) is 0 Å². The van der Waals surface area contributed by atoms with E-state index in [1.54, 1.807) is 0 Å². The molecule has 5 N–H and O–H groups in total. The summed E-state index contributed by atoms with van der Waals surface area (Å²) in [7, 11) is 0. The van der Waals surface area contributed by atoms with Gasteiger partial charge in [-0.25, -0.2) is 0 Å². The van der Waals surface area contributed by atoms with Crippen LogP contribution in [0.3, 0.4) is 0 Å². The largest absolute Gasteiger partial charge is 0.863 e. The molecule has 36 heteroatoms. The van der Waals surface area contributed by atoms with Crippen molar-refractivity contribution in [1.29, 1.82) is 0 Å². The molecule has 2 saturated heterocycles. The smallest absolute Gasteiger partial charge is 0.324 e. The molecular formula is C38H35Cl2N13O21. The Bertz CT molecular complexity index is 2590. The van der Waals surface area contributed by atoms with Gasteiger partial charge in [0.05, 0.1) is 118 Å². The van der Waals surface area contributed by atoms with E-state index < -0.39 is 113 Å². The van der Waals surface area contributed by atoms with E-state index in [9.17, 15) is 101 Å². The summed E-state index contributed by atoms with van der Waals surface area (Å²) in [5.41, 5.74) is -6.90. The molecule has 0 bridgehead atoms. The van der Waals surface area contributed by atoms with E-state index in [1.807, 2.05) is 24.3 Å². The first-order chi connectivity index (χ1) is 34.7. The number of nitro benzene ring substituents is 9. The van der Waals surface area contributed by atoms with Gasteiger partial charge in [-0.05, 0) is 24.3 Å². The zero-order valence-corrected chi connectivity index (χ0v) is 38.6. The summed E-state index contributed by atoms with van der Waals surface area (Å²) in [4.78, 5) is 85.9. The van der Waals surface area contributed by atoms with Gasteiger partial charge in [0.25, 0.3) is 45.6 Å². The molecule has 0 radical (unpaired) electrons. The number of halogens is 2. The zero-order chi connectivity index (χ0) is 55.6. The van der Waals surface area contributed by atoms with Crippen LogP contribution < -0.4 is 30.6 Å². The lowest BCUT2D eigenvalue weighted by Crippen LogP contribution is -3.10. The minimum atomic E-state index is -1.46. The van der Waals surface area contributed by atoms with Gasteiger partial charge in [-0.1, -0.05) is 35.3 Å². The zero-order valence-electron chi connectivity index (χ0n) is 37.1. The van der Waals surface area contributed by atoms with E-state index in [0.717, 1.165) is 62.4 Å². The van der Waals surface area contributed by atoms with Crippen molar-refractivity contribution in [3.63, 3.8) is 0 Å². The van der Waals surface area contributed by atoms with Crippen molar-refractivity contribution >= 4 is 85.8 Å². The number of non-ortho nitro benzene ring substituents is 3. The predicted molar refractivity (Wildman–Crippen MR) is 249 cm³/mol. The Kier molecular flexibility index (Phi) is 21.6. The van der Waals surface area contributed by atoms with E-state index >= 15 is 0 Å². The number of piperazine rings is 2. The summed E-state index contributed by atoms with van der Waals surface area (Å²) >= 11 is 11.9. The van der Waals surface area contributed by atoms with Crippen LogP contribution in [0.15, 0.2) is 84.9 Å². The summed E-state index contributed by atoms with van der Waals surface area (Å²) < 4.78 is 0. The van der Waals surface area contributed by atoms with Gasteiger partial charge >= 0.3 is 11.4 Å². The van der Waals surface area contributed by atoms with Crippen LogP contribution in [0.25, 0.3) is 0 Å². The van der Waals surface area contributed by atoms with Crippen LogP contribution >= 0.6 is 23.2 Å². The average Bonchev–Trinajstić information content (AvgIpc) is 3.34. The highest BCUT2D eigenvalue weighted by Crippen LogP contribution is 2.40. The van der Waals surface area contributed by atoms with Crippen molar-refractivity contribution in [1.82, 2.24) is 10.6 Å². The topological polar surface area (TPSA) is 488 Å². The van der Waals surface area contributed by atoms with E-state index in [4.69, 9.17) is 28.3 Å². The standard InChI is InChI=1S/2C10H13ClN2.3C6H3N3O7/c2*11-9-2-1-3-10(8-9)13-6-4-12-5-7-13;3*10-6-4(8(13)14)1-3(7(11)12)2-5(6)9(15)16/h2*1-3,8,12H,4-7H2;3*1-2,10H. The van der Waals surface area contributed by atoms with Crippen LogP contribution in [0.1, 0.15) is 0 Å². The fourth-order valence-electron chi connectivity index (χ4n) is 6.35. The monoisotopic (exact) mass is 1080 g/mol. The van der Waals surface area contributed by atoms with Crippen LogP contribution in [0.5, 0.6) is 17.2 Å².